The Morgan fingerprint density at radius 3 is 2.89 bits per heavy atom. The van der Waals surface area contributed by atoms with Gasteiger partial charge in [0, 0.05) is 11.6 Å². The Kier molecular flexibility index (Phi) is 2.26. The van der Waals surface area contributed by atoms with Crippen LogP contribution >= 0.6 is 0 Å². The van der Waals surface area contributed by atoms with Crippen molar-refractivity contribution in [3.05, 3.63) is 36.2 Å². The predicted octanol–water partition coefficient (Wildman–Crippen LogP) is 2.49. The van der Waals surface area contributed by atoms with Crippen LogP contribution in [0.2, 0.25) is 0 Å². The fourth-order valence-corrected chi connectivity index (χ4v) is 2.12. The number of pyridine rings is 1. The molecule has 0 spiro atoms. The minimum Gasteiger partial charge on any atom is -0.482 e. The number of rotatable bonds is 2. The van der Waals surface area contributed by atoms with Gasteiger partial charge in [0.25, 0.3) is 0 Å². The van der Waals surface area contributed by atoms with Gasteiger partial charge in [-0.05, 0) is 19.1 Å². The summed E-state index contributed by atoms with van der Waals surface area (Å²) in [4.78, 5) is 4.35. The van der Waals surface area contributed by atoms with E-state index in [1.54, 1.807) is 19.4 Å². The van der Waals surface area contributed by atoms with E-state index >= 15 is 0 Å². The molecule has 0 radical (unpaired) electrons. The molecule has 18 heavy (non-hydrogen) atoms. The Bertz CT molecular complexity index is 712. The second-order valence-electron chi connectivity index (χ2n) is 4.02. The average molecular weight is 243 g/mol. The lowest BCUT2D eigenvalue weighted by Gasteiger charge is -2.06. The van der Waals surface area contributed by atoms with Gasteiger partial charge in [-0.1, -0.05) is 6.07 Å². The molecular weight excluding hydrogens is 230 g/mol. The van der Waals surface area contributed by atoms with Crippen LogP contribution in [0.3, 0.4) is 0 Å². The van der Waals surface area contributed by atoms with Crippen LogP contribution in [-0.2, 0) is 0 Å². The number of imidazole rings is 1. The maximum Gasteiger partial charge on any atom is 0.199 e. The van der Waals surface area contributed by atoms with Gasteiger partial charge in [-0.2, -0.15) is 0 Å². The van der Waals surface area contributed by atoms with E-state index in [0.29, 0.717) is 5.88 Å². The van der Waals surface area contributed by atoms with Crippen molar-refractivity contribution in [2.24, 2.45) is 0 Å². The van der Waals surface area contributed by atoms with Gasteiger partial charge in [0.2, 0.25) is 0 Å². The van der Waals surface area contributed by atoms with Gasteiger partial charge in [-0.15, -0.1) is 0 Å². The van der Waals surface area contributed by atoms with E-state index in [0.717, 1.165) is 28.5 Å². The molecule has 0 atom stereocenters. The Morgan fingerprint density at radius 1 is 1.39 bits per heavy atom. The Morgan fingerprint density at radius 2 is 2.22 bits per heavy atom. The first-order valence-corrected chi connectivity index (χ1v) is 5.57. The number of aryl methyl sites for hydroxylation is 1. The van der Waals surface area contributed by atoms with Crippen LogP contribution < -0.4 is 10.5 Å². The minimum absolute atomic E-state index is 0.396. The highest BCUT2D eigenvalue weighted by molar-refractivity contribution is 5.69. The van der Waals surface area contributed by atoms with Crippen molar-refractivity contribution >= 4 is 11.5 Å². The van der Waals surface area contributed by atoms with Crippen molar-refractivity contribution in [1.29, 1.82) is 0 Å². The number of fused-ring (bicyclic) bond motifs is 1. The van der Waals surface area contributed by atoms with Crippen LogP contribution in [0.4, 0.5) is 5.88 Å². The van der Waals surface area contributed by atoms with E-state index in [9.17, 15) is 0 Å². The number of hydrogen-bond donors (Lipinski definition) is 1. The highest BCUT2D eigenvalue weighted by Crippen LogP contribution is 2.30. The maximum atomic E-state index is 5.67. The molecule has 3 aromatic heterocycles. The first-order valence-electron chi connectivity index (χ1n) is 5.57. The highest BCUT2D eigenvalue weighted by atomic mass is 16.5. The number of furan rings is 1. The minimum atomic E-state index is 0.396. The van der Waals surface area contributed by atoms with Crippen LogP contribution in [0.5, 0.6) is 5.88 Å². The Balaban J connectivity index is 2.33. The number of nitrogens with zero attached hydrogens (tertiary/aromatic N) is 2. The maximum absolute atomic E-state index is 5.67. The molecule has 0 unspecified atom stereocenters. The highest BCUT2D eigenvalue weighted by Gasteiger charge is 2.14. The van der Waals surface area contributed by atoms with Gasteiger partial charge in [-0.3, -0.25) is 4.40 Å². The molecule has 0 amide bonds. The number of aromatic nitrogens is 2. The van der Waals surface area contributed by atoms with Crippen molar-refractivity contribution < 1.29 is 9.15 Å². The smallest absolute Gasteiger partial charge is 0.199 e. The van der Waals surface area contributed by atoms with E-state index in [2.05, 4.69) is 4.98 Å². The number of nitrogen functional groups attached to an aromatic ring is 1. The third-order valence-electron chi connectivity index (χ3n) is 2.92. The fraction of sp³-hybridized carbons (Fsp3) is 0.154. The number of hydrogen-bond acceptors (Lipinski definition) is 4. The second-order valence-corrected chi connectivity index (χ2v) is 4.02. The molecule has 3 heterocycles. The summed E-state index contributed by atoms with van der Waals surface area (Å²) in [7, 11) is 1.63. The molecule has 5 nitrogen and oxygen atoms in total. The molecule has 92 valence electrons. The van der Waals surface area contributed by atoms with Crippen molar-refractivity contribution in [2.75, 3.05) is 12.8 Å². The van der Waals surface area contributed by atoms with E-state index in [4.69, 9.17) is 14.9 Å². The zero-order chi connectivity index (χ0) is 12.7. The van der Waals surface area contributed by atoms with Gasteiger partial charge in [0.1, 0.15) is 11.4 Å². The van der Waals surface area contributed by atoms with Crippen molar-refractivity contribution in [3.63, 3.8) is 0 Å². The van der Waals surface area contributed by atoms with Gasteiger partial charge >= 0.3 is 0 Å². The number of nitrogens with two attached hydrogens (primary N) is 1. The van der Waals surface area contributed by atoms with Crippen molar-refractivity contribution in [3.8, 4) is 17.1 Å². The number of anilines is 1. The summed E-state index contributed by atoms with van der Waals surface area (Å²) in [6.07, 6.45) is 1.79. The Hall–Kier alpha value is -2.43. The molecule has 0 aliphatic carbocycles. The molecule has 0 aliphatic heterocycles. The third kappa shape index (κ3) is 1.44. The van der Waals surface area contributed by atoms with Gasteiger partial charge < -0.3 is 14.9 Å². The van der Waals surface area contributed by atoms with Crippen molar-refractivity contribution in [2.45, 2.75) is 6.92 Å². The first kappa shape index (κ1) is 10.7. The summed E-state index contributed by atoms with van der Waals surface area (Å²) in [5.41, 5.74) is 8.32. The summed E-state index contributed by atoms with van der Waals surface area (Å²) >= 11 is 0. The molecular formula is C13H13N3O2. The molecule has 3 aromatic rings. The predicted molar refractivity (Wildman–Crippen MR) is 68.6 cm³/mol. The largest absolute Gasteiger partial charge is 0.482 e. The fourth-order valence-electron chi connectivity index (χ4n) is 2.12. The molecule has 0 bridgehead atoms. The molecule has 2 N–H and O–H groups in total. The topological polar surface area (TPSA) is 65.7 Å². The quantitative estimate of drug-likeness (QED) is 0.751. The van der Waals surface area contributed by atoms with Gasteiger partial charge in [-0.25, -0.2) is 4.98 Å². The van der Waals surface area contributed by atoms with E-state index in [-0.39, 0.29) is 0 Å². The molecule has 0 aliphatic rings. The number of ether oxygens (including phenoxy) is 1. The van der Waals surface area contributed by atoms with Crippen molar-refractivity contribution in [1.82, 2.24) is 9.38 Å². The van der Waals surface area contributed by atoms with Crippen LogP contribution in [0.15, 0.2) is 34.9 Å². The molecule has 0 fully saturated rings. The summed E-state index contributed by atoms with van der Waals surface area (Å²) in [5.74, 6) is 1.88. The molecule has 3 rings (SSSR count). The normalized spacial score (nSPS) is 11.0. The standard InChI is InChI=1S/C13H13N3O2/c1-8-9(6-11(14)18-8)10-7-15-12-4-3-5-13(17-2)16(10)12/h3-7H,14H2,1-2H3. The summed E-state index contributed by atoms with van der Waals surface area (Å²) in [6, 6.07) is 7.51. The SMILES string of the molecule is COc1cccc2ncc(-c3cc(N)oc3C)n12. The molecule has 5 heteroatoms. The van der Waals surface area contributed by atoms with E-state index < -0.39 is 0 Å². The van der Waals surface area contributed by atoms with Crippen LogP contribution in [-0.4, -0.2) is 16.5 Å². The summed E-state index contributed by atoms with van der Waals surface area (Å²) in [5, 5.41) is 0. The van der Waals surface area contributed by atoms with Gasteiger partial charge in [0.15, 0.2) is 11.8 Å². The van der Waals surface area contributed by atoms with E-state index in [1.807, 2.05) is 29.5 Å². The summed E-state index contributed by atoms with van der Waals surface area (Å²) in [6.45, 7) is 1.88. The third-order valence-corrected chi connectivity index (χ3v) is 2.92. The zero-order valence-corrected chi connectivity index (χ0v) is 10.2. The lowest BCUT2D eigenvalue weighted by atomic mass is 10.2. The van der Waals surface area contributed by atoms with Gasteiger partial charge in [0.05, 0.1) is 19.0 Å². The first-order chi connectivity index (χ1) is 8.70. The summed E-state index contributed by atoms with van der Waals surface area (Å²) < 4.78 is 12.6. The number of methoxy groups -OCH3 is 1. The monoisotopic (exact) mass is 243 g/mol. The Labute approximate surface area is 104 Å². The van der Waals surface area contributed by atoms with Crippen LogP contribution in [0.1, 0.15) is 5.76 Å². The van der Waals surface area contributed by atoms with Crippen LogP contribution in [0, 0.1) is 6.92 Å². The molecule has 0 saturated heterocycles. The zero-order valence-electron chi connectivity index (χ0n) is 10.2. The molecule has 0 saturated carbocycles. The molecule has 0 aromatic carbocycles. The average Bonchev–Trinajstić information content (AvgIpc) is 2.92. The van der Waals surface area contributed by atoms with E-state index in [1.165, 1.54) is 0 Å². The second kappa shape index (κ2) is 3.80. The lowest BCUT2D eigenvalue weighted by Crippen LogP contribution is -1.95. The lowest BCUT2D eigenvalue weighted by molar-refractivity contribution is 0.393. The van der Waals surface area contributed by atoms with Crippen LogP contribution in [0.25, 0.3) is 16.9 Å².